The van der Waals surface area contributed by atoms with Crippen molar-refractivity contribution in [3.63, 3.8) is 0 Å². The number of ether oxygens (including phenoxy) is 1. The molecular formula is C19H18F3NO4. The zero-order chi connectivity index (χ0) is 20.4. The molecule has 0 aliphatic carbocycles. The highest BCUT2D eigenvalue weighted by atomic mass is 19.4. The second-order valence-corrected chi connectivity index (χ2v) is 5.98. The lowest BCUT2D eigenvalue weighted by atomic mass is 9.93. The van der Waals surface area contributed by atoms with E-state index in [0.717, 1.165) is 24.8 Å². The smallest absolute Gasteiger partial charge is 0.432 e. The summed E-state index contributed by atoms with van der Waals surface area (Å²) < 4.78 is 43.9. The van der Waals surface area contributed by atoms with Gasteiger partial charge < -0.3 is 14.7 Å². The molecule has 0 radical (unpaired) electrons. The molecule has 0 aromatic heterocycles. The number of alkyl halides is 3. The molecule has 0 unspecified atom stereocenters. The van der Waals surface area contributed by atoms with Gasteiger partial charge in [0.05, 0.1) is 7.11 Å². The topological polar surface area (TPSA) is 66.8 Å². The Morgan fingerprint density at radius 1 is 1.00 bits per heavy atom. The minimum atomic E-state index is -5.27. The third kappa shape index (κ3) is 3.80. The van der Waals surface area contributed by atoms with Crippen LogP contribution in [-0.4, -0.2) is 37.3 Å². The highest BCUT2D eigenvalue weighted by Gasteiger charge is 2.62. The summed E-state index contributed by atoms with van der Waals surface area (Å²) in [7, 11) is 2.22. The molecule has 0 saturated carbocycles. The van der Waals surface area contributed by atoms with Gasteiger partial charge in [-0.2, -0.15) is 13.2 Å². The van der Waals surface area contributed by atoms with Gasteiger partial charge in [0.2, 0.25) is 0 Å². The van der Waals surface area contributed by atoms with Gasteiger partial charge in [0, 0.05) is 23.9 Å². The summed E-state index contributed by atoms with van der Waals surface area (Å²) in [6.07, 6.45) is -5.27. The summed E-state index contributed by atoms with van der Waals surface area (Å²) in [5.41, 5.74) is -2.82. The summed E-state index contributed by atoms with van der Waals surface area (Å²) in [5.74, 6) is -2.20. The normalized spacial score (nSPS) is 13.6. The molecule has 0 fully saturated rings. The van der Waals surface area contributed by atoms with Gasteiger partial charge in [0.1, 0.15) is 0 Å². The van der Waals surface area contributed by atoms with E-state index in [1.54, 1.807) is 24.3 Å². The number of benzene rings is 2. The van der Waals surface area contributed by atoms with E-state index in [1.807, 2.05) is 6.92 Å². The van der Waals surface area contributed by atoms with Crippen molar-refractivity contribution >= 4 is 17.6 Å². The Balaban J connectivity index is 2.34. The Bertz CT molecular complexity index is 832. The molecule has 0 spiro atoms. The Morgan fingerprint density at radius 3 is 1.96 bits per heavy atom. The Morgan fingerprint density at radius 2 is 1.52 bits per heavy atom. The maximum absolute atomic E-state index is 13.3. The first-order chi connectivity index (χ1) is 12.5. The van der Waals surface area contributed by atoms with Gasteiger partial charge in [0.15, 0.2) is 0 Å². The zero-order valence-electron chi connectivity index (χ0n) is 14.9. The quantitative estimate of drug-likeness (QED) is 0.826. The van der Waals surface area contributed by atoms with E-state index >= 15 is 0 Å². The van der Waals surface area contributed by atoms with Gasteiger partial charge in [-0.3, -0.25) is 4.79 Å². The van der Waals surface area contributed by atoms with Crippen LogP contribution < -0.4 is 4.90 Å². The number of nitrogens with zero attached hydrogens (tertiary/aromatic N) is 1. The average Bonchev–Trinajstić information content (AvgIpc) is 2.65. The molecule has 0 heterocycles. The van der Waals surface area contributed by atoms with Crippen LogP contribution in [-0.2, 0) is 15.1 Å². The molecule has 8 heteroatoms. The fraction of sp³-hybridized carbons (Fsp3) is 0.263. The lowest BCUT2D eigenvalue weighted by Crippen LogP contribution is -2.49. The summed E-state index contributed by atoms with van der Waals surface area (Å²) in [4.78, 5) is 25.3. The van der Waals surface area contributed by atoms with Gasteiger partial charge in [0.25, 0.3) is 11.5 Å². The van der Waals surface area contributed by atoms with Crippen molar-refractivity contribution in [3.8, 4) is 0 Å². The Hall–Kier alpha value is -2.87. The molecule has 1 N–H and O–H groups in total. The van der Waals surface area contributed by atoms with Crippen LogP contribution in [0, 0.1) is 6.92 Å². The molecule has 2 rings (SSSR count). The molecule has 5 nitrogen and oxygen atoms in total. The largest absolute Gasteiger partial charge is 0.466 e. The molecule has 0 bridgehead atoms. The molecular weight excluding hydrogens is 363 g/mol. The van der Waals surface area contributed by atoms with Crippen molar-refractivity contribution in [2.45, 2.75) is 18.7 Å². The number of carbonyl (C=O) groups is 2. The van der Waals surface area contributed by atoms with Gasteiger partial charge in [-0.05, 0) is 31.2 Å². The predicted molar refractivity (Wildman–Crippen MR) is 92.3 cm³/mol. The molecule has 2 aromatic carbocycles. The predicted octanol–water partition coefficient (Wildman–Crippen LogP) is 3.19. The lowest BCUT2D eigenvalue weighted by Gasteiger charge is -2.28. The number of aryl methyl sites for hydroxylation is 1. The fourth-order valence-electron chi connectivity index (χ4n) is 2.48. The summed E-state index contributed by atoms with van der Waals surface area (Å²) in [6, 6.07) is 11.1. The van der Waals surface area contributed by atoms with Crippen LogP contribution in [0.15, 0.2) is 48.5 Å². The fourth-order valence-corrected chi connectivity index (χ4v) is 2.48. The maximum atomic E-state index is 13.3. The van der Waals surface area contributed by atoms with Crippen LogP contribution in [0.1, 0.15) is 21.5 Å². The number of amides is 1. The number of anilines is 1. The molecule has 144 valence electrons. The third-order valence-electron chi connectivity index (χ3n) is 4.17. The summed E-state index contributed by atoms with van der Waals surface area (Å²) >= 11 is 0. The van der Waals surface area contributed by atoms with E-state index in [9.17, 15) is 27.9 Å². The molecule has 0 saturated heterocycles. The molecule has 0 aliphatic heterocycles. The number of methoxy groups -OCH3 is 1. The Kier molecular flexibility index (Phi) is 5.60. The van der Waals surface area contributed by atoms with Crippen molar-refractivity contribution in [3.05, 3.63) is 65.2 Å². The Labute approximate surface area is 154 Å². The van der Waals surface area contributed by atoms with Crippen molar-refractivity contribution in [1.29, 1.82) is 0 Å². The first-order valence-electron chi connectivity index (χ1n) is 7.85. The first-order valence-corrected chi connectivity index (χ1v) is 7.85. The van der Waals surface area contributed by atoms with E-state index in [1.165, 1.54) is 24.1 Å². The number of carbonyl (C=O) groups excluding carboxylic acids is 2. The molecule has 1 amide bonds. The van der Waals surface area contributed by atoms with Crippen LogP contribution in [0.3, 0.4) is 0 Å². The van der Waals surface area contributed by atoms with E-state index in [2.05, 4.69) is 4.74 Å². The number of halogens is 3. The highest BCUT2D eigenvalue weighted by molar-refractivity contribution is 6.05. The van der Waals surface area contributed by atoms with Crippen LogP contribution in [0.25, 0.3) is 0 Å². The van der Waals surface area contributed by atoms with Gasteiger partial charge in [-0.25, -0.2) is 4.79 Å². The lowest BCUT2D eigenvalue weighted by molar-refractivity contribution is -0.266. The molecule has 0 aliphatic rings. The van der Waals surface area contributed by atoms with E-state index in [0.29, 0.717) is 11.3 Å². The van der Waals surface area contributed by atoms with Crippen molar-refractivity contribution in [2.75, 3.05) is 19.1 Å². The summed E-state index contributed by atoms with van der Waals surface area (Å²) in [6.45, 7) is 1.87. The minimum absolute atomic E-state index is 0.290. The second-order valence-electron chi connectivity index (χ2n) is 5.98. The minimum Gasteiger partial charge on any atom is -0.466 e. The molecule has 27 heavy (non-hydrogen) atoms. The van der Waals surface area contributed by atoms with Gasteiger partial charge in [-0.1, -0.05) is 29.8 Å². The van der Waals surface area contributed by atoms with E-state index in [4.69, 9.17) is 0 Å². The number of esters is 1. The summed E-state index contributed by atoms with van der Waals surface area (Å²) in [5, 5.41) is 9.95. The first kappa shape index (κ1) is 20.4. The zero-order valence-corrected chi connectivity index (χ0v) is 14.9. The van der Waals surface area contributed by atoms with E-state index in [-0.39, 0.29) is 5.91 Å². The second kappa shape index (κ2) is 7.40. The highest BCUT2D eigenvalue weighted by Crippen LogP contribution is 2.40. The molecule has 2 aromatic rings. The monoisotopic (exact) mass is 381 g/mol. The maximum Gasteiger partial charge on any atom is 0.432 e. The van der Waals surface area contributed by atoms with Crippen LogP contribution in [0.5, 0.6) is 0 Å². The van der Waals surface area contributed by atoms with Gasteiger partial charge in [-0.15, -0.1) is 0 Å². The number of hydrogen-bond acceptors (Lipinski definition) is 4. The standard InChI is InChI=1S/C19H18F3NO4/c1-12-4-6-13(7-5-12)16(24)23(2)15-10-8-14(9-11-15)18(26,17(25)27-3)19(20,21)22/h4-11,26H,1-3H3/t18-/m0/s1. The van der Waals surface area contributed by atoms with Crippen LogP contribution in [0.4, 0.5) is 18.9 Å². The molecule has 1 atom stereocenters. The van der Waals surface area contributed by atoms with Crippen molar-refractivity contribution in [2.24, 2.45) is 0 Å². The number of aliphatic hydroxyl groups is 1. The van der Waals surface area contributed by atoms with Crippen LogP contribution >= 0.6 is 0 Å². The average molecular weight is 381 g/mol. The van der Waals surface area contributed by atoms with Crippen LogP contribution in [0.2, 0.25) is 0 Å². The van der Waals surface area contributed by atoms with Crippen molar-refractivity contribution in [1.82, 2.24) is 0 Å². The third-order valence-corrected chi connectivity index (χ3v) is 4.17. The van der Waals surface area contributed by atoms with E-state index < -0.39 is 23.3 Å². The SMILES string of the molecule is COC(=O)[C@@](O)(c1ccc(N(C)C(=O)c2ccc(C)cc2)cc1)C(F)(F)F. The number of rotatable bonds is 4. The van der Waals surface area contributed by atoms with Crippen molar-refractivity contribution < 1.29 is 32.6 Å². The van der Waals surface area contributed by atoms with Gasteiger partial charge >= 0.3 is 12.1 Å². The number of hydrogen-bond donors (Lipinski definition) is 1.